The maximum absolute atomic E-state index is 4.85. The fraction of sp³-hybridized carbons (Fsp3) is 0.429. The number of thioether (sulfide) groups is 1. The molecule has 4 rings (SSSR count). The molecule has 1 saturated heterocycles. The summed E-state index contributed by atoms with van der Waals surface area (Å²) < 4.78 is 0. The van der Waals surface area contributed by atoms with Gasteiger partial charge in [0.1, 0.15) is 15.7 Å². The van der Waals surface area contributed by atoms with E-state index in [1.807, 2.05) is 18.7 Å². The lowest BCUT2D eigenvalue weighted by molar-refractivity contribution is 0.282. The summed E-state index contributed by atoms with van der Waals surface area (Å²) in [6.07, 6.45) is 3.54. The first-order valence-electron chi connectivity index (χ1n) is 9.34. The first kappa shape index (κ1) is 18.0. The lowest BCUT2D eigenvalue weighted by Gasteiger charge is -2.28. The molecule has 136 valence electrons. The molecule has 0 radical (unpaired) electrons. The van der Waals surface area contributed by atoms with E-state index >= 15 is 0 Å². The summed E-state index contributed by atoms with van der Waals surface area (Å²) in [6, 6.07) is 8.95. The zero-order chi connectivity index (χ0) is 18.1. The van der Waals surface area contributed by atoms with Gasteiger partial charge in [-0.05, 0) is 57.5 Å². The van der Waals surface area contributed by atoms with Crippen LogP contribution in [0.2, 0.25) is 0 Å². The van der Waals surface area contributed by atoms with E-state index in [0.29, 0.717) is 5.25 Å². The molecule has 3 nitrogen and oxygen atoms in total. The molecule has 3 aromatic rings. The average Bonchev–Trinajstić information content (AvgIpc) is 3.07. The van der Waals surface area contributed by atoms with Crippen LogP contribution in [0.15, 0.2) is 34.7 Å². The van der Waals surface area contributed by atoms with Gasteiger partial charge in [-0.2, -0.15) is 0 Å². The molecule has 1 aliphatic heterocycles. The zero-order valence-corrected chi connectivity index (χ0v) is 17.3. The topological polar surface area (TPSA) is 29.0 Å². The van der Waals surface area contributed by atoms with Crippen molar-refractivity contribution < 1.29 is 0 Å². The molecule has 2 aromatic heterocycles. The maximum Gasteiger partial charge on any atom is 0.128 e. The van der Waals surface area contributed by atoms with Crippen LogP contribution in [0, 0.1) is 6.92 Å². The fourth-order valence-electron chi connectivity index (χ4n) is 3.49. The van der Waals surface area contributed by atoms with Gasteiger partial charge >= 0.3 is 0 Å². The molecule has 0 spiro atoms. The summed E-state index contributed by atoms with van der Waals surface area (Å²) >= 11 is 3.70. The lowest BCUT2D eigenvalue weighted by Crippen LogP contribution is -2.31. The summed E-state index contributed by atoms with van der Waals surface area (Å²) in [5.41, 5.74) is 3.93. The molecule has 1 fully saturated rings. The van der Waals surface area contributed by atoms with Gasteiger partial charge in [-0.15, -0.1) is 23.1 Å². The molecule has 0 unspecified atom stereocenters. The molecule has 0 bridgehead atoms. The van der Waals surface area contributed by atoms with Crippen LogP contribution >= 0.6 is 23.1 Å². The number of hydrogen-bond acceptors (Lipinski definition) is 5. The van der Waals surface area contributed by atoms with Crippen LogP contribution in [0.5, 0.6) is 0 Å². The van der Waals surface area contributed by atoms with Gasteiger partial charge in [-0.25, -0.2) is 9.97 Å². The quantitative estimate of drug-likeness (QED) is 0.563. The highest BCUT2D eigenvalue weighted by Gasteiger charge is 2.22. The van der Waals surface area contributed by atoms with Gasteiger partial charge in [-0.1, -0.05) is 31.2 Å². The van der Waals surface area contributed by atoms with Crippen molar-refractivity contribution >= 4 is 33.3 Å². The Morgan fingerprint density at radius 3 is 2.58 bits per heavy atom. The van der Waals surface area contributed by atoms with Crippen molar-refractivity contribution in [3.63, 3.8) is 0 Å². The minimum atomic E-state index is 0.652. The minimum Gasteiger partial charge on any atom is -0.306 e. The zero-order valence-electron chi connectivity index (χ0n) is 15.7. The highest BCUT2D eigenvalue weighted by atomic mass is 32.2. The van der Waals surface area contributed by atoms with Crippen LogP contribution in [0.4, 0.5) is 0 Å². The molecule has 26 heavy (non-hydrogen) atoms. The summed E-state index contributed by atoms with van der Waals surface area (Å²) in [4.78, 5) is 13.1. The number of aromatic nitrogens is 2. The molecule has 1 aromatic carbocycles. The number of rotatable bonds is 4. The number of nitrogens with zero attached hydrogens (tertiary/aromatic N) is 3. The normalized spacial score (nSPS) is 16.4. The van der Waals surface area contributed by atoms with Crippen molar-refractivity contribution in [3.8, 4) is 11.1 Å². The fourth-order valence-corrected chi connectivity index (χ4v) is 5.82. The van der Waals surface area contributed by atoms with Gasteiger partial charge in [-0.3, -0.25) is 0 Å². The van der Waals surface area contributed by atoms with Crippen molar-refractivity contribution in [1.82, 2.24) is 14.9 Å². The van der Waals surface area contributed by atoms with Crippen LogP contribution in [0.3, 0.4) is 0 Å². The Hall–Kier alpha value is -1.43. The number of likely N-dealkylation sites (tertiary alicyclic amines) is 1. The van der Waals surface area contributed by atoms with E-state index in [9.17, 15) is 0 Å². The number of aryl methyl sites for hydroxylation is 2. The van der Waals surface area contributed by atoms with Gasteiger partial charge in [0.2, 0.25) is 0 Å². The van der Waals surface area contributed by atoms with E-state index in [-0.39, 0.29) is 0 Å². The number of benzene rings is 1. The molecule has 0 N–H and O–H groups in total. The first-order valence-corrected chi connectivity index (χ1v) is 11.1. The van der Waals surface area contributed by atoms with E-state index < -0.39 is 0 Å². The third-order valence-corrected chi connectivity index (χ3v) is 7.32. The van der Waals surface area contributed by atoms with Gasteiger partial charge in [0, 0.05) is 16.2 Å². The van der Waals surface area contributed by atoms with Crippen LogP contribution in [-0.4, -0.2) is 40.3 Å². The monoisotopic (exact) mass is 383 g/mol. The molecule has 1 aliphatic rings. The second kappa shape index (κ2) is 7.67. The van der Waals surface area contributed by atoms with Gasteiger partial charge in [0.25, 0.3) is 0 Å². The minimum absolute atomic E-state index is 0.652. The van der Waals surface area contributed by atoms with Gasteiger partial charge in [0.05, 0.1) is 5.39 Å². The standard InChI is InChI=1S/C21H25N3S2/c1-4-15-5-7-16(8-6-15)18-13-25-20-19(18)21(23-14(2)22-20)26-17-9-11-24(3)12-10-17/h5-8,13,17H,4,9-12H2,1-3H3. The van der Waals surface area contributed by atoms with E-state index in [2.05, 4.69) is 48.5 Å². The Balaban J connectivity index is 1.72. The predicted octanol–water partition coefficient (Wildman–Crippen LogP) is 5.42. The smallest absolute Gasteiger partial charge is 0.128 e. The van der Waals surface area contributed by atoms with Crippen LogP contribution in [0.25, 0.3) is 21.3 Å². The van der Waals surface area contributed by atoms with Crippen molar-refractivity contribution in [2.24, 2.45) is 0 Å². The maximum atomic E-state index is 4.85. The summed E-state index contributed by atoms with van der Waals surface area (Å²) in [5, 5.41) is 5.31. The largest absolute Gasteiger partial charge is 0.306 e. The van der Waals surface area contributed by atoms with Gasteiger partial charge in [0.15, 0.2) is 0 Å². The van der Waals surface area contributed by atoms with Crippen molar-refractivity contribution in [2.75, 3.05) is 20.1 Å². The Labute approximate surface area is 163 Å². The van der Waals surface area contributed by atoms with Crippen molar-refractivity contribution in [3.05, 3.63) is 41.0 Å². The Morgan fingerprint density at radius 2 is 1.88 bits per heavy atom. The second-order valence-electron chi connectivity index (χ2n) is 7.08. The summed E-state index contributed by atoms with van der Waals surface area (Å²) in [5.74, 6) is 0.877. The third-order valence-electron chi connectivity index (χ3n) is 5.13. The average molecular weight is 384 g/mol. The molecule has 3 heterocycles. The van der Waals surface area contributed by atoms with Crippen LogP contribution in [-0.2, 0) is 6.42 Å². The summed E-state index contributed by atoms with van der Waals surface area (Å²) in [7, 11) is 2.21. The predicted molar refractivity (Wildman–Crippen MR) is 113 cm³/mol. The highest BCUT2D eigenvalue weighted by Crippen LogP contribution is 2.41. The second-order valence-corrected chi connectivity index (χ2v) is 9.22. The number of thiophene rings is 1. The van der Waals surface area contributed by atoms with E-state index in [1.165, 1.54) is 48.0 Å². The SMILES string of the molecule is CCc1ccc(-c2csc3nc(C)nc(SC4CCN(C)CC4)c23)cc1. The Morgan fingerprint density at radius 1 is 1.15 bits per heavy atom. The third kappa shape index (κ3) is 3.66. The number of piperidine rings is 1. The molecular formula is C21H25N3S2. The Bertz CT molecular complexity index is 894. The number of fused-ring (bicyclic) bond motifs is 1. The molecule has 0 aliphatic carbocycles. The van der Waals surface area contributed by atoms with Gasteiger partial charge < -0.3 is 4.90 Å². The first-order chi connectivity index (χ1) is 12.6. The highest BCUT2D eigenvalue weighted by molar-refractivity contribution is 8.00. The Kier molecular flexibility index (Phi) is 5.30. The van der Waals surface area contributed by atoms with E-state index in [1.54, 1.807) is 11.3 Å². The van der Waals surface area contributed by atoms with Crippen molar-refractivity contribution in [2.45, 2.75) is 43.4 Å². The summed E-state index contributed by atoms with van der Waals surface area (Å²) in [6.45, 7) is 6.56. The van der Waals surface area contributed by atoms with Crippen molar-refractivity contribution in [1.29, 1.82) is 0 Å². The van der Waals surface area contributed by atoms with E-state index in [0.717, 1.165) is 22.1 Å². The molecule has 0 amide bonds. The van der Waals surface area contributed by atoms with E-state index in [4.69, 9.17) is 9.97 Å². The molecular weight excluding hydrogens is 358 g/mol. The molecule has 0 saturated carbocycles. The molecule has 0 atom stereocenters. The van der Waals surface area contributed by atoms with Crippen LogP contribution < -0.4 is 0 Å². The van der Waals surface area contributed by atoms with Crippen LogP contribution in [0.1, 0.15) is 31.2 Å². The molecule has 5 heteroatoms. The number of hydrogen-bond donors (Lipinski definition) is 0. The lowest BCUT2D eigenvalue weighted by atomic mass is 10.0.